The lowest BCUT2D eigenvalue weighted by Crippen LogP contribution is -2.22. The zero-order chi connectivity index (χ0) is 11.0. The van der Waals surface area contributed by atoms with Crippen LogP contribution in [0.2, 0.25) is 0 Å². The van der Waals surface area contributed by atoms with Crippen LogP contribution in [0.15, 0.2) is 23.4 Å². The van der Waals surface area contributed by atoms with Gasteiger partial charge in [0.2, 0.25) is 5.95 Å². The minimum atomic E-state index is -1.26. The fourth-order valence-electron chi connectivity index (χ4n) is 1.24. The Hall–Kier alpha value is -2.31. The maximum Gasteiger partial charge on any atom is 0.342 e. The lowest BCUT2D eigenvalue weighted by molar-refractivity contribution is 0.0695. The molecule has 2 aromatic heterocycles. The molecule has 0 aromatic carbocycles. The third kappa shape index (κ3) is 1.33. The van der Waals surface area contributed by atoms with Crippen molar-refractivity contribution < 1.29 is 9.90 Å². The van der Waals surface area contributed by atoms with E-state index in [2.05, 4.69) is 10.1 Å². The van der Waals surface area contributed by atoms with Gasteiger partial charge in [0.1, 0.15) is 5.56 Å². The van der Waals surface area contributed by atoms with Gasteiger partial charge in [0.05, 0.1) is 0 Å². The molecule has 0 aliphatic heterocycles. The summed E-state index contributed by atoms with van der Waals surface area (Å²) in [7, 11) is 1.70. The van der Waals surface area contributed by atoms with Crippen LogP contribution in [0.1, 0.15) is 10.4 Å². The van der Waals surface area contributed by atoms with Crippen LogP contribution >= 0.6 is 0 Å². The van der Waals surface area contributed by atoms with Crippen LogP contribution in [0.3, 0.4) is 0 Å². The number of rotatable bonds is 2. The lowest BCUT2D eigenvalue weighted by atomic mass is 10.4. The van der Waals surface area contributed by atoms with Gasteiger partial charge in [-0.05, 0) is 0 Å². The van der Waals surface area contributed by atoms with Crippen molar-refractivity contribution in [2.45, 2.75) is 0 Å². The Morgan fingerprint density at radius 3 is 2.80 bits per heavy atom. The number of carboxylic acids is 1. The minimum absolute atomic E-state index is 0.307. The summed E-state index contributed by atoms with van der Waals surface area (Å²) < 4.78 is 2.67. The molecule has 2 rings (SSSR count). The van der Waals surface area contributed by atoms with E-state index < -0.39 is 11.5 Å². The van der Waals surface area contributed by atoms with E-state index in [4.69, 9.17) is 5.11 Å². The predicted octanol–water partition coefficient (Wildman–Crippen LogP) is -0.403. The molecule has 0 spiro atoms. The number of hydrogen-bond acceptors (Lipinski definition) is 3. The minimum Gasteiger partial charge on any atom is -0.477 e. The van der Waals surface area contributed by atoms with Crippen molar-refractivity contribution in [3.05, 3.63) is 34.5 Å². The van der Waals surface area contributed by atoms with Crippen LogP contribution in [-0.4, -0.2) is 30.4 Å². The fourth-order valence-corrected chi connectivity index (χ4v) is 1.24. The zero-order valence-corrected chi connectivity index (χ0v) is 7.84. The Bertz CT molecular complexity index is 562. The van der Waals surface area contributed by atoms with E-state index in [1.165, 1.54) is 6.20 Å². The molecule has 0 radical (unpaired) electrons. The Balaban J connectivity index is 2.62. The van der Waals surface area contributed by atoms with Gasteiger partial charge < -0.3 is 9.67 Å². The molecule has 2 aromatic rings. The smallest absolute Gasteiger partial charge is 0.342 e. The molecule has 0 aliphatic rings. The number of H-pyrrole nitrogens is 1. The molecule has 0 saturated carbocycles. The lowest BCUT2D eigenvalue weighted by Gasteiger charge is -1.99. The molecule has 0 atom stereocenters. The number of aromatic amines is 1. The molecule has 7 heteroatoms. The number of aryl methyl sites for hydroxylation is 1. The zero-order valence-electron chi connectivity index (χ0n) is 7.84. The quantitative estimate of drug-likeness (QED) is 0.702. The second-order valence-corrected chi connectivity index (χ2v) is 2.97. The van der Waals surface area contributed by atoms with Gasteiger partial charge in [-0.1, -0.05) is 0 Å². The van der Waals surface area contributed by atoms with Crippen molar-refractivity contribution in [2.24, 2.45) is 7.05 Å². The van der Waals surface area contributed by atoms with Crippen LogP contribution in [-0.2, 0) is 7.05 Å². The van der Waals surface area contributed by atoms with E-state index >= 15 is 0 Å². The Labute approximate surface area is 83.6 Å². The van der Waals surface area contributed by atoms with E-state index in [-0.39, 0.29) is 5.56 Å². The van der Waals surface area contributed by atoms with Crippen molar-refractivity contribution in [2.75, 3.05) is 0 Å². The third-order valence-corrected chi connectivity index (χ3v) is 2.00. The molecule has 0 bridgehead atoms. The number of aromatic nitrogens is 4. The number of aromatic carboxylic acids is 1. The molecule has 0 aliphatic carbocycles. The van der Waals surface area contributed by atoms with Gasteiger partial charge in [-0.15, -0.1) is 0 Å². The molecular formula is C8H8N4O3. The molecule has 0 saturated heterocycles. The Kier molecular flexibility index (Phi) is 1.93. The highest BCUT2D eigenvalue weighted by Crippen LogP contribution is 1.99. The third-order valence-electron chi connectivity index (χ3n) is 2.00. The average Bonchev–Trinajstić information content (AvgIpc) is 2.71. The molecule has 2 N–H and O–H groups in total. The summed E-state index contributed by atoms with van der Waals surface area (Å²) in [5.74, 6) is -0.920. The Morgan fingerprint density at radius 1 is 1.60 bits per heavy atom. The van der Waals surface area contributed by atoms with E-state index in [1.807, 2.05) is 0 Å². The summed E-state index contributed by atoms with van der Waals surface area (Å²) in [6.45, 7) is 0. The largest absolute Gasteiger partial charge is 0.477 e. The molecule has 0 amide bonds. The van der Waals surface area contributed by atoms with Gasteiger partial charge in [0.25, 0.3) is 5.56 Å². The van der Waals surface area contributed by atoms with Gasteiger partial charge in [-0.25, -0.2) is 9.78 Å². The molecule has 0 fully saturated rings. The molecular weight excluding hydrogens is 200 g/mol. The first-order valence-electron chi connectivity index (χ1n) is 4.12. The average molecular weight is 208 g/mol. The van der Waals surface area contributed by atoms with Crippen molar-refractivity contribution in [1.29, 1.82) is 0 Å². The summed E-state index contributed by atoms with van der Waals surface area (Å²) >= 11 is 0. The highest BCUT2D eigenvalue weighted by Gasteiger charge is 2.15. The van der Waals surface area contributed by atoms with Crippen LogP contribution in [0.4, 0.5) is 0 Å². The highest BCUT2D eigenvalue weighted by molar-refractivity contribution is 5.86. The van der Waals surface area contributed by atoms with Crippen LogP contribution < -0.4 is 5.56 Å². The predicted molar refractivity (Wildman–Crippen MR) is 50.1 cm³/mol. The summed E-state index contributed by atoms with van der Waals surface area (Å²) in [6.07, 6.45) is 4.31. The van der Waals surface area contributed by atoms with Crippen molar-refractivity contribution in [3.8, 4) is 5.95 Å². The highest BCUT2D eigenvalue weighted by atomic mass is 16.4. The van der Waals surface area contributed by atoms with E-state index in [1.54, 1.807) is 17.8 Å². The van der Waals surface area contributed by atoms with Gasteiger partial charge >= 0.3 is 5.97 Å². The Morgan fingerprint density at radius 2 is 2.33 bits per heavy atom. The van der Waals surface area contributed by atoms with Gasteiger partial charge in [0, 0.05) is 25.6 Å². The molecule has 15 heavy (non-hydrogen) atoms. The van der Waals surface area contributed by atoms with Gasteiger partial charge in [-0.2, -0.15) is 4.68 Å². The molecule has 78 valence electrons. The first-order valence-corrected chi connectivity index (χ1v) is 4.12. The second-order valence-electron chi connectivity index (χ2n) is 2.97. The number of nitrogens with one attached hydrogen (secondary N) is 1. The standard InChI is InChI=1S/C8H8N4O3/c1-11-3-2-9-8(11)12-6(13)5(4-10-12)7(14)15/h2-4,10H,1H3,(H,14,15). The normalized spacial score (nSPS) is 10.5. The molecule has 0 unspecified atom stereocenters. The van der Waals surface area contributed by atoms with E-state index in [0.29, 0.717) is 5.95 Å². The number of imidazole rings is 1. The fraction of sp³-hybridized carbons (Fsp3) is 0.125. The summed E-state index contributed by atoms with van der Waals surface area (Å²) in [5.41, 5.74) is -0.935. The maximum absolute atomic E-state index is 11.6. The van der Waals surface area contributed by atoms with Crippen molar-refractivity contribution >= 4 is 5.97 Å². The van der Waals surface area contributed by atoms with Crippen molar-refractivity contribution in [1.82, 2.24) is 19.3 Å². The number of nitrogens with zero attached hydrogens (tertiary/aromatic N) is 3. The van der Waals surface area contributed by atoms with Gasteiger partial charge in [0.15, 0.2) is 0 Å². The summed E-state index contributed by atoms with van der Waals surface area (Å²) in [6, 6.07) is 0. The number of hydrogen-bond donors (Lipinski definition) is 2. The first-order chi connectivity index (χ1) is 7.11. The second kappa shape index (κ2) is 3.12. The van der Waals surface area contributed by atoms with Crippen LogP contribution in [0.25, 0.3) is 5.95 Å². The van der Waals surface area contributed by atoms with Crippen LogP contribution in [0, 0.1) is 0 Å². The van der Waals surface area contributed by atoms with Crippen LogP contribution in [0.5, 0.6) is 0 Å². The summed E-state index contributed by atoms with van der Waals surface area (Å²) in [5, 5.41) is 11.2. The maximum atomic E-state index is 11.6. The summed E-state index contributed by atoms with van der Waals surface area (Å²) in [4.78, 5) is 26.1. The number of carbonyl (C=O) groups is 1. The monoisotopic (exact) mass is 208 g/mol. The van der Waals surface area contributed by atoms with Crippen molar-refractivity contribution in [3.63, 3.8) is 0 Å². The number of carboxylic acid groups (broad SMARTS) is 1. The topological polar surface area (TPSA) is 92.9 Å². The first kappa shape index (κ1) is 9.25. The van der Waals surface area contributed by atoms with E-state index in [9.17, 15) is 9.59 Å². The molecule has 2 heterocycles. The SMILES string of the molecule is Cn1ccnc1-n1[nH]cc(C(=O)O)c1=O. The molecule has 7 nitrogen and oxygen atoms in total. The van der Waals surface area contributed by atoms with Gasteiger partial charge in [-0.3, -0.25) is 9.89 Å². The van der Waals surface area contributed by atoms with E-state index in [0.717, 1.165) is 10.9 Å².